The zero-order chi connectivity index (χ0) is 28.5. The molecule has 0 aliphatic carbocycles. The van der Waals surface area contributed by atoms with Crippen molar-refractivity contribution in [2.45, 2.75) is 104 Å². The van der Waals surface area contributed by atoms with Crippen molar-refractivity contribution >= 4 is 18.1 Å². The predicted octanol–water partition coefficient (Wildman–Crippen LogP) is 4.78. The van der Waals surface area contributed by atoms with E-state index in [-0.39, 0.29) is 18.7 Å². The molecule has 0 bridgehead atoms. The molecule has 2 rings (SSSR count). The fraction of sp³-hybridized carbons (Fsp3) is 0.679. The van der Waals surface area contributed by atoms with Crippen LogP contribution >= 0.6 is 0 Å². The van der Waals surface area contributed by atoms with Crippen molar-refractivity contribution in [2.24, 2.45) is 0 Å². The van der Waals surface area contributed by atoms with Gasteiger partial charge in [0, 0.05) is 19.1 Å². The van der Waals surface area contributed by atoms with E-state index in [0.717, 1.165) is 5.56 Å². The minimum absolute atomic E-state index is 0.121. The zero-order valence-electron chi connectivity index (χ0n) is 24.1. The summed E-state index contributed by atoms with van der Waals surface area (Å²) in [5.74, 6) is 1.24. The highest BCUT2D eigenvalue weighted by Crippen LogP contribution is 2.33. The fourth-order valence-corrected chi connectivity index (χ4v) is 4.09. The SMILES string of the molecule is CCN(C(=O)[C@H](CCCCNC(=O)OC(C)(C)C)NC(=O)OC(C)(C)C)[C@@H](C)Cc1ccc2c(c1)OCO2. The molecule has 0 fully saturated rings. The summed E-state index contributed by atoms with van der Waals surface area (Å²) in [6, 6.07) is 4.90. The molecule has 10 nitrogen and oxygen atoms in total. The molecule has 1 heterocycles. The van der Waals surface area contributed by atoms with Crippen molar-refractivity contribution in [3.63, 3.8) is 0 Å². The molecule has 0 radical (unpaired) electrons. The lowest BCUT2D eigenvalue weighted by molar-refractivity contribution is -0.135. The number of amides is 3. The highest BCUT2D eigenvalue weighted by atomic mass is 16.7. The Kier molecular flexibility index (Phi) is 11.1. The Morgan fingerprint density at radius 1 is 0.974 bits per heavy atom. The molecule has 2 N–H and O–H groups in total. The van der Waals surface area contributed by atoms with Gasteiger partial charge in [0.05, 0.1) is 0 Å². The van der Waals surface area contributed by atoms with Gasteiger partial charge in [0.25, 0.3) is 0 Å². The number of ether oxygens (including phenoxy) is 4. The van der Waals surface area contributed by atoms with Crippen molar-refractivity contribution in [1.29, 1.82) is 0 Å². The molecular formula is C28H45N3O7. The molecule has 0 unspecified atom stereocenters. The van der Waals surface area contributed by atoms with Gasteiger partial charge in [0.15, 0.2) is 11.5 Å². The first-order chi connectivity index (χ1) is 17.7. The van der Waals surface area contributed by atoms with Crippen LogP contribution in [0.15, 0.2) is 18.2 Å². The number of unbranched alkanes of at least 4 members (excludes halogenated alkanes) is 1. The average molecular weight is 536 g/mol. The maximum atomic E-state index is 13.6. The van der Waals surface area contributed by atoms with Crippen LogP contribution in [0.4, 0.5) is 9.59 Å². The van der Waals surface area contributed by atoms with Crippen LogP contribution in [0.3, 0.4) is 0 Å². The first-order valence-corrected chi connectivity index (χ1v) is 13.3. The Labute approximate surface area is 226 Å². The van der Waals surface area contributed by atoms with Crippen molar-refractivity contribution in [1.82, 2.24) is 15.5 Å². The molecule has 1 aliphatic rings. The van der Waals surface area contributed by atoms with Crippen LogP contribution in [0.2, 0.25) is 0 Å². The lowest BCUT2D eigenvalue weighted by Crippen LogP contribution is -2.52. The molecule has 1 aromatic carbocycles. The fourth-order valence-electron chi connectivity index (χ4n) is 4.09. The molecule has 0 spiro atoms. The highest BCUT2D eigenvalue weighted by Gasteiger charge is 2.30. The van der Waals surface area contributed by atoms with Gasteiger partial charge >= 0.3 is 12.2 Å². The summed E-state index contributed by atoms with van der Waals surface area (Å²) in [7, 11) is 0. The van der Waals surface area contributed by atoms with Crippen molar-refractivity contribution in [3.8, 4) is 11.5 Å². The molecule has 2 atom stereocenters. The second-order valence-corrected chi connectivity index (χ2v) is 11.5. The van der Waals surface area contributed by atoms with Crippen molar-refractivity contribution < 1.29 is 33.3 Å². The van der Waals surface area contributed by atoms with Gasteiger partial charge in [-0.15, -0.1) is 0 Å². The number of carbonyl (C=O) groups is 3. The summed E-state index contributed by atoms with van der Waals surface area (Å²) in [6.07, 6.45) is 1.14. The number of carbonyl (C=O) groups excluding carboxylic acids is 3. The van der Waals surface area contributed by atoms with E-state index in [9.17, 15) is 14.4 Å². The Balaban J connectivity index is 2.01. The van der Waals surface area contributed by atoms with Gasteiger partial charge in [0.1, 0.15) is 17.2 Å². The molecule has 0 saturated carbocycles. The zero-order valence-corrected chi connectivity index (χ0v) is 24.1. The van der Waals surface area contributed by atoms with Gasteiger partial charge in [-0.2, -0.15) is 0 Å². The third-order valence-corrected chi connectivity index (χ3v) is 5.70. The summed E-state index contributed by atoms with van der Waals surface area (Å²) in [5, 5.41) is 5.49. The first-order valence-electron chi connectivity index (χ1n) is 13.3. The lowest BCUT2D eigenvalue weighted by Gasteiger charge is -2.32. The standard InChI is InChI=1S/C28H45N3O7/c1-9-31(19(2)16-20-13-14-22-23(17-20)36-18-35-22)24(32)21(30-26(34)38-28(6,7)8)12-10-11-15-29-25(33)37-27(3,4)5/h13-14,17,19,21H,9-12,15-16,18H2,1-8H3,(H,29,33)(H,30,34)/t19-,21-/m0/s1. The van der Waals surface area contributed by atoms with Gasteiger partial charge in [-0.3, -0.25) is 4.79 Å². The molecule has 38 heavy (non-hydrogen) atoms. The predicted molar refractivity (Wildman–Crippen MR) is 144 cm³/mol. The first kappa shape index (κ1) is 31.1. The number of benzene rings is 1. The van der Waals surface area contributed by atoms with E-state index in [1.165, 1.54) is 0 Å². The summed E-state index contributed by atoms with van der Waals surface area (Å²) in [4.78, 5) is 39.9. The number of nitrogens with one attached hydrogen (secondary N) is 2. The number of likely N-dealkylation sites (N-methyl/N-ethyl adjacent to an activating group) is 1. The number of hydrogen-bond acceptors (Lipinski definition) is 7. The van der Waals surface area contributed by atoms with Gasteiger partial charge < -0.3 is 34.5 Å². The lowest BCUT2D eigenvalue weighted by atomic mass is 10.0. The molecule has 1 aromatic rings. The Bertz CT molecular complexity index is 953. The van der Waals surface area contributed by atoms with E-state index in [1.807, 2.05) is 32.0 Å². The Morgan fingerprint density at radius 3 is 2.24 bits per heavy atom. The maximum Gasteiger partial charge on any atom is 0.408 e. The van der Waals surface area contributed by atoms with Crippen LogP contribution in [0.5, 0.6) is 11.5 Å². The maximum absolute atomic E-state index is 13.6. The van der Waals surface area contributed by atoms with E-state index in [4.69, 9.17) is 18.9 Å². The van der Waals surface area contributed by atoms with E-state index >= 15 is 0 Å². The summed E-state index contributed by atoms with van der Waals surface area (Å²) < 4.78 is 21.5. The number of rotatable bonds is 11. The van der Waals surface area contributed by atoms with Crippen LogP contribution in [-0.4, -0.2) is 66.2 Å². The minimum Gasteiger partial charge on any atom is -0.454 e. The average Bonchev–Trinajstić information content (AvgIpc) is 3.24. The minimum atomic E-state index is -0.759. The molecular weight excluding hydrogens is 490 g/mol. The van der Waals surface area contributed by atoms with Gasteiger partial charge in [-0.1, -0.05) is 6.07 Å². The van der Waals surface area contributed by atoms with Crippen LogP contribution in [0, 0.1) is 0 Å². The summed E-state index contributed by atoms with van der Waals surface area (Å²) in [6.45, 7) is 15.7. The number of fused-ring (bicyclic) bond motifs is 1. The number of hydrogen-bond donors (Lipinski definition) is 2. The van der Waals surface area contributed by atoms with Crippen LogP contribution in [0.25, 0.3) is 0 Å². The normalized spacial score (nSPS) is 14.3. The van der Waals surface area contributed by atoms with E-state index < -0.39 is 29.4 Å². The van der Waals surface area contributed by atoms with Crippen molar-refractivity contribution in [3.05, 3.63) is 23.8 Å². The summed E-state index contributed by atoms with van der Waals surface area (Å²) >= 11 is 0. The molecule has 1 aliphatic heterocycles. The second-order valence-electron chi connectivity index (χ2n) is 11.5. The monoisotopic (exact) mass is 535 g/mol. The Morgan fingerprint density at radius 2 is 1.61 bits per heavy atom. The Hall–Kier alpha value is -3.17. The van der Waals surface area contributed by atoms with E-state index in [1.54, 1.807) is 46.4 Å². The third-order valence-electron chi connectivity index (χ3n) is 5.70. The molecule has 214 valence electrons. The molecule has 0 saturated heterocycles. The quantitative estimate of drug-likeness (QED) is 0.392. The number of nitrogens with zero attached hydrogens (tertiary/aromatic N) is 1. The van der Waals surface area contributed by atoms with Crippen LogP contribution in [-0.2, 0) is 20.7 Å². The number of alkyl carbamates (subject to hydrolysis) is 2. The van der Waals surface area contributed by atoms with Gasteiger partial charge in [-0.25, -0.2) is 9.59 Å². The van der Waals surface area contributed by atoms with Crippen molar-refractivity contribution in [2.75, 3.05) is 19.9 Å². The highest BCUT2D eigenvalue weighted by molar-refractivity contribution is 5.86. The van der Waals surface area contributed by atoms with Gasteiger partial charge in [0.2, 0.25) is 12.7 Å². The summed E-state index contributed by atoms with van der Waals surface area (Å²) in [5.41, 5.74) is -0.232. The third kappa shape index (κ3) is 10.7. The smallest absolute Gasteiger partial charge is 0.408 e. The molecule has 0 aromatic heterocycles. The van der Waals surface area contributed by atoms with Crippen LogP contribution in [0.1, 0.15) is 80.2 Å². The largest absolute Gasteiger partial charge is 0.454 e. The van der Waals surface area contributed by atoms with E-state index in [2.05, 4.69) is 10.6 Å². The van der Waals surface area contributed by atoms with Crippen LogP contribution < -0.4 is 20.1 Å². The molecule has 3 amide bonds. The molecule has 10 heteroatoms. The van der Waals surface area contributed by atoms with Gasteiger partial charge in [-0.05, 0) is 98.8 Å². The second kappa shape index (κ2) is 13.6. The van der Waals surface area contributed by atoms with E-state index in [0.29, 0.717) is 50.3 Å². The topological polar surface area (TPSA) is 115 Å².